The largest absolute Gasteiger partial charge is 0.496 e. The van der Waals surface area contributed by atoms with Gasteiger partial charge in [-0.1, -0.05) is 6.07 Å². The van der Waals surface area contributed by atoms with Crippen molar-refractivity contribution in [3.05, 3.63) is 27.3 Å². The van der Waals surface area contributed by atoms with Crippen molar-refractivity contribution in [2.75, 3.05) is 7.11 Å². The average molecular weight is 321 g/mol. The Morgan fingerprint density at radius 1 is 1.67 bits per heavy atom. The number of rotatable bonds is 4. The fraction of sp³-hybridized carbons (Fsp3) is 0.300. The number of carboxylic acid groups (broad SMARTS) is 1. The van der Waals surface area contributed by atoms with Gasteiger partial charge in [-0.3, -0.25) is 4.79 Å². The van der Waals surface area contributed by atoms with E-state index in [1.165, 1.54) is 0 Å². The normalized spacial score (nSPS) is 12.2. The van der Waals surface area contributed by atoms with Crippen LogP contribution in [0.25, 0.3) is 0 Å². The average Bonchev–Trinajstić information content (AvgIpc) is 2.16. The number of aliphatic carboxylic acids is 1. The molecule has 0 radical (unpaired) electrons. The van der Waals surface area contributed by atoms with Crippen molar-refractivity contribution in [2.24, 2.45) is 5.73 Å². The van der Waals surface area contributed by atoms with Crippen LogP contribution >= 0.6 is 22.6 Å². The Kier molecular flexibility index (Phi) is 4.34. The van der Waals surface area contributed by atoms with E-state index in [0.29, 0.717) is 0 Å². The highest BCUT2D eigenvalue weighted by Gasteiger charge is 2.12. The van der Waals surface area contributed by atoms with Gasteiger partial charge in [0.05, 0.1) is 17.1 Å². The molecule has 0 spiro atoms. The smallest absolute Gasteiger partial charge is 0.305 e. The molecule has 0 aliphatic heterocycles. The molecule has 5 heteroatoms. The zero-order valence-electron chi connectivity index (χ0n) is 8.24. The molecule has 1 rings (SSSR count). The fourth-order valence-corrected chi connectivity index (χ4v) is 1.98. The first kappa shape index (κ1) is 12.3. The monoisotopic (exact) mass is 321 g/mol. The molecule has 0 saturated heterocycles. The Bertz CT molecular complexity index is 368. The Labute approximate surface area is 102 Å². The fourth-order valence-electron chi connectivity index (χ4n) is 1.22. The summed E-state index contributed by atoms with van der Waals surface area (Å²) in [6.07, 6.45) is -0.0671. The number of methoxy groups -OCH3 is 1. The van der Waals surface area contributed by atoms with Gasteiger partial charge in [-0.05, 0) is 40.3 Å². The number of benzene rings is 1. The molecule has 82 valence electrons. The molecule has 1 aromatic rings. The lowest BCUT2D eigenvalue weighted by Crippen LogP contribution is -2.15. The number of nitrogens with two attached hydrogens (primary N) is 1. The van der Waals surface area contributed by atoms with Crippen LogP contribution in [0, 0.1) is 3.57 Å². The lowest BCUT2D eigenvalue weighted by atomic mass is 10.1. The van der Waals surface area contributed by atoms with Crippen LogP contribution in [0.1, 0.15) is 18.0 Å². The molecule has 1 aromatic carbocycles. The van der Waals surface area contributed by atoms with Crippen LogP contribution in [0.2, 0.25) is 0 Å². The van der Waals surface area contributed by atoms with Crippen LogP contribution in [-0.4, -0.2) is 18.2 Å². The molecule has 0 unspecified atom stereocenters. The van der Waals surface area contributed by atoms with Crippen LogP contribution in [0.5, 0.6) is 5.75 Å². The molecular formula is C10H12INO3. The minimum absolute atomic E-state index is 0.0671. The third kappa shape index (κ3) is 3.35. The molecule has 0 bridgehead atoms. The standard InChI is InChI=1S/C10H12INO3/c1-15-9-3-2-6(4-7(9)11)8(12)5-10(13)14/h2-4,8H,5,12H2,1H3,(H,13,14)/t8-/m0/s1. The molecule has 0 aliphatic carbocycles. The predicted octanol–water partition coefficient (Wildman–Crippen LogP) is 1.77. The molecule has 0 heterocycles. The van der Waals surface area contributed by atoms with E-state index in [-0.39, 0.29) is 6.42 Å². The lowest BCUT2D eigenvalue weighted by Gasteiger charge is -2.11. The van der Waals surface area contributed by atoms with E-state index in [4.69, 9.17) is 15.6 Å². The number of carbonyl (C=O) groups is 1. The molecule has 0 amide bonds. The molecular weight excluding hydrogens is 309 g/mol. The van der Waals surface area contributed by atoms with Gasteiger partial charge in [-0.25, -0.2) is 0 Å². The number of halogens is 1. The maximum Gasteiger partial charge on any atom is 0.305 e. The van der Waals surface area contributed by atoms with E-state index in [1.807, 2.05) is 6.07 Å². The highest BCUT2D eigenvalue weighted by Crippen LogP contribution is 2.24. The zero-order chi connectivity index (χ0) is 11.4. The second kappa shape index (κ2) is 5.32. The van der Waals surface area contributed by atoms with Crippen LogP contribution in [0.3, 0.4) is 0 Å². The van der Waals surface area contributed by atoms with Gasteiger partial charge >= 0.3 is 5.97 Å². The first-order chi connectivity index (χ1) is 7.04. The Hall–Kier alpha value is -0.820. The molecule has 3 N–H and O–H groups in total. The summed E-state index contributed by atoms with van der Waals surface area (Å²) < 4.78 is 6.02. The first-order valence-corrected chi connectivity index (χ1v) is 5.43. The van der Waals surface area contributed by atoms with Gasteiger partial charge in [0.1, 0.15) is 5.75 Å². The van der Waals surface area contributed by atoms with Crippen molar-refractivity contribution in [2.45, 2.75) is 12.5 Å². The summed E-state index contributed by atoms with van der Waals surface area (Å²) in [6, 6.07) is 4.95. The summed E-state index contributed by atoms with van der Waals surface area (Å²) in [5, 5.41) is 8.61. The quantitative estimate of drug-likeness (QED) is 0.829. The van der Waals surface area contributed by atoms with Crippen molar-refractivity contribution in [3.8, 4) is 5.75 Å². The lowest BCUT2D eigenvalue weighted by molar-refractivity contribution is -0.137. The van der Waals surface area contributed by atoms with Gasteiger partial charge in [-0.2, -0.15) is 0 Å². The molecule has 0 saturated carbocycles. The molecule has 0 aromatic heterocycles. The van der Waals surface area contributed by atoms with Crippen molar-refractivity contribution in [1.29, 1.82) is 0 Å². The summed E-state index contributed by atoms with van der Waals surface area (Å²) in [6.45, 7) is 0. The third-order valence-electron chi connectivity index (χ3n) is 2.00. The van der Waals surface area contributed by atoms with Crippen molar-refractivity contribution in [1.82, 2.24) is 0 Å². The highest BCUT2D eigenvalue weighted by molar-refractivity contribution is 14.1. The summed E-state index contributed by atoms with van der Waals surface area (Å²) in [5.74, 6) is -0.129. The Balaban J connectivity index is 2.87. The van der Waals surface area contributed by atoms with Gasteiger partial charge in [0.25, 0.3) is 0 Å². The first-order valence-electron chi connectivity index (χ1n) is 4.35. The van der Waals surface area contributed by atoms with E-state index in [0.717, 1.165) is 14.9 Å². The van der Waals surface area contributed by atoms with Gasteiger partial charge in [0.2, 0.25) is 0 Å². The molecule has 15 heavy (non-hydrogen) atoms. The van der Waals surface area contributed by atoms with E-state index >= 15 is 0 Å². The topological polar surface area (TPSA) is 72.5 Å². The number of carboxylic acids is 1. The number of ether oxygens (including phenoxy) is 1. The third-order valence-corrected chi connectivity index (χ3v) is 2.84. The van der Waals surface area contributed by atoms with Crippen molar-refractivity contribution in [3.63, 3.8) is 0 Å². The number of hydrogen-bond acceptors (Lipinski definition) is 3. The summed E-state index contributed by atoms with van der Waals surface area (Å²) in [5.41, 5.74) is 6.54. The van der Waals surface area contributed by atoms with Crippen LogP contribution in [-0.2, 0) is 4.79 Å². The zero-order valence-corrected chi connectivity index (χ0v) is 10.4. The molecule has 4 nitrogen and oxygen atoms in total. The Morgan fingerprint density at radius 2 is 2.33 bits per heavy atom. The van der Waals surface area contributed by atoms with Crippen LogP contribution in [0.4, 0.5) is 0 Å². The van der Waals surface area contributed by atoms with Gasteiger partial charge in [-0.15, -0.1) is 0 Å². The molecule has 0 aliphatic rings. The van der Waals surface area contributed by atoms with Gasteiger partial charge in [0.15, 0.2) is 0 Å². The highest BCUT2D eigenvalue weighted by atomic mass is 127. The minimum atomic E-state index is -0.895. The van der Waals surface area contributed by atoms with Crippen LogP contribution in [0.15, 0.2) is 18.2 Å². The van der Waals surface area contributed by atoms with E-state index < -0.39 is 12.0 Å². The molecule has 1 atom stereocenters. The predicted molar refractivity (Wildman–Crippen MR) is 64.9 cm³/mol. The maximum atomic E-state index is 10.5. The van der Waals surface area contributed by atoms with Crippen LogP contribution < -0.4 is 10.5 Å². The maximum absolute atomic E-state index is 10.5. The van der Waals surface area contributed by atoms with Crippen molar-refractivity contribution < 1.29 is 14.6 Å². The SMILES string of the molecule is COc1ccc([C@@H](N)CC(=O)O)cc1I. The summed E-state index contributed by atoms with van der Waals surface area (Å²) in [4.78, 5) is 10.5. The Morgan fingerprint density at radius 3 is 2.80 bits per heavy atom. The van der Waals surface area contributed by atoms with E-state index in [1.54, 1.807) is 19.2 Å². The van der Waals surface area contributed by atoms with Gasteiger partial charge in [0, 0.05) is 6.04 Å². The van der Waals surface area contributed by atoms with Crippen molar-refractivity contribution >= 4 is 28.6 Å². The minimum Gasteiger partial charge on any atom is -0.496 e. The second-order valence-corrected chi connectivity index (χ2v) is 4.26. The van der Waals surface area contributed by atoms with E-state index in [2.05, 4.69) is 22.6 Å². The summed E-state index contributed by atoms with van der Waals surface area (Å²) >= 11 is 2.13. The summed E-state index contributed by atoms with van der Waals surface area (Å²) in [7, 11) is 1.59. The van der Waals surface area contributed by atoms with Gasteiger partial charge < -0.3 is 15.6 Å². The second-order valence-electron chi connectivity index (χ2n) is 3.10. The van der Waals surface area contributed by atoms with E-state index in [9.17, 15) is 4.79 Å². The molecule has 0 fully saturated rings. The number of hydrogen-bond donors (Lipinski definition) is 2.